The Morgan fingerprint density at radius 3 is 2.94 bits per heavy atom. The van der Waals surface area contributed by atoms with Crippen molar-refractivity contribution in [3.05, 3.63) is 11.9 Å². The van der Waals surface area contributed by atoms with Crippen molar-refractivity contribution < 1.29 is 9.84 Å². The van der Waals surface area contributed by atoms with Crippen molar-refractivity contribution in [1.29, 1.82) is 0 Å². The lowest BCUT2D eigenvalue weighted by Gasteiger charge is -2.20. The summed E-state index contributed by atoms with van der Waals surface area (Å²) in [6.45, 7) is 3.47. The summed E-state index contributed by atoms with van der Waals surface area (Å²) in [7, 11) is 1.59. The van der Waals surface area contributed by atoms with E-state index in [0.29, 0.717) is 24.8 Å². The highest BCUT2D eigenvalue weighted by molar-refractivity contribution is 5.50. The Hall–Kier alpha value is -1.44. The number of anilines is 2. The minimum Gasteiger partial charge on any atom is -0.388 e. The third-order valence-corrected chi connectivity index (χ3v) is 2.96. The number of nitrogens with two attached hydrogens (primary N) is 1. The zero-order valence-corrected chi connectivity index (χ0v) is 10.7. The minimum atomic E-state index is -0.664. The van der Waals surface area contributed by atoms with E-state index in [-0.39, 0.29) is 0 Å². The van der Waals surface area contributed by atoms with Gasteiger partial charge >= 0.3 is 0 Å². The fourth-order valence-electron chi connectivity index (χ4n) is 2.05. The smallest absolute Gasteiger partial charge is 0.158 e. The number of hydrazine groups is 1. The van der Waals surface area contributed by atoms with Gasteiger partial charge in [-0.25, -0.2) is 15.8 Å². The summed E-state index contributed by atoms with van der Waals surface area (Å²) < 4.78 is 5.02. The Bertz CT molecular complexity index is 424. The molecule has 1 fully saturated rings. The monoisotopic (exact) mass is 253 g/mol. The van der Waals surface area contributed by atoms with Crippen LogP contribution in [0.4, 0.5) is 11.6 Å². The fraction of sp³-hybridized carbons (Fsp3) is 0.636. The molecule has 1 aliphatic rings. The predicted molar refractivity (Wildman–Crippen MR) is 68.0 cm³/mol. The largest absolute Gasteiger partial charge is 0.388 e. The van der Waals surface area contributed by atoms with Crippen LogP contribution in [0.2, 0.25) is 0 Å². The standard InChI is InChI=1S/C11H19N5O2/c1-11(17)3-4-16(7-11)10-5-8(15-12)13-9(14-10)6-18-2/h5,17H,3-4,6-7,12H2,1-2H3,(H,13,14,15). The van der Waals surface area contributed by atoms with Crippen molar-refractivity contribution in [2.24, 2.45) is 5.84 Å². The van der Waals surface area contributed by atoms with Gasteiger partial charge in [0, 0.05) is 26.3 Å². The summed E-state index contributed by atoms with van der Waals surface area (Å²) in [4.78, 5) is 10.6. The lowest BCUT2D eigenvalue weighted by molar-refractivity contribution is 0.0839. The normalized spacial score (nSPS) is 23.4. The van der Waals surface area contributed by atoms with Crippen molar-refractivity contribution in [3.8, 4) is 0 Å². The zero-order valence-electron chi connectivity index (χ0n) is 10.7. The second-order valence-electron chi connectivity index (χ2n) is 4.77. The van der Waals surface area contributed by atoms with Crippen LogP contribution in [0, 0.1) is 0 Å². The van der Waals surface area contributed by atoms with Crippen molar-refractivity contribution >= 4 is 11.6 Å². The summed E-state index contributed by atoms with van der Waals surface area (Å²) in [6.07, 6.45) is 0.724. The van der Waals surface area contributed by atoms with E-state index in [1.54, 1.807) is 13.2 Å². The molecule has 2 heterocycles. The summed E-state index contributed by atoms with van der Waals surface area (Å²) in [5.41, 5.74) is 1.85. The third kappa shape index (κ3) is 2.87. The van der Waals surface area contributed by atoms with Crippen LogP contribution < -0.4 is 16.2 Å². The first-order valence-corrected chi connectivity index (χ1v) is 5.85. The van der Waals surface area contributed by atoms with E-state index < -0.39 is 5.60 Å². The van der Waals surface area contributed by atoms with Gasteiger partial charge in [-0.05, 0) is 13.3 Å². The number of nitrogens with one attached hydrogen (secondary N) is 1. The molecule has 7 heteroatoms. The van der Waals surface area contributed by atoms with E-state index in [0.717, 1.165) is 18.8 Å². The number of hydrogen-bond acceptors (Lipinski definition) is 7. The Morgan fingerprint density at radius 2 is 2.39 bits per heavy atom. The van der Waals surface area contributed by atoms with Gasteiger partial charge in [0.1, 0.15) is 18.2 Å². The average Bonchev–Trinajstić information content (AvgIpc) is 2.70. The maximum absolute atomic E-state index is 9.98. The number of aliphatic hydroxyl groups is 1. The number of aromatic nitrogens is 2. The maximum atomic E-state index is 9.98. The Balaban J connectivity index is 2.24. The highest BCUT2D eigenvalue weighted by Crippen LogP contribution is 2.26. The van der Waals surface area contributed by atoms with Crippen LogP contribution in [0.1, 0.15) is 19.2 Å². The lowest BCUT2D eigenvalue weighted by atomic mass is 10.1. The quantitative estimate of drug-likeness (QED) is 0.508. The Morgan fingerprint density at radius 1 is 1.61 bits per heavy atom. The van der Waals surface area contributed by atoms with Gasteiger partial charge in [0.05, 0.1) is 5.60 Å². The summed E-state index contributed by atoms with van der Waals surface area (Å²) in [5.74, 6) is 7.24. The summed E-state index contributed by atoms with van der Waals surface area (Å²) in [6, 6.07) is 1.76. The van der Waals surface area contributed by atoms with Crippen LogP contribution in [0.25, 0.3) is 0 Å². The van der Waals surface area contributed by atoms with Crippen molar-refractivity contribution in [2.75, 3.05) is 30.5 Å². The van der Waals surface area contributed by atoms with Crippen LogP contribution >= 0.6 is 0 Å². The highest BCUT2D eigenvalue weighted by atomic mass is 16.5. The fourth-order valence-corrected chi connectivity index (χ4v) is 2.05. The topological polar surface area (TPSA) is 96.5 Å². The zero-order chi connectivity index (χ0) is 13.2. The molecule has 1 unspecified atom stereocenters. The van der Waals surface area contributed by atoms with Crippen LogP contribution in [-0.4, -0.2) is 40.9 Å². The summed E-state index contributed by atoms with van der Waals surface area (Å²) in [5, 5.41) is 9.98. The Kier molecular flexibility index (Phi) is 3.65. The first kappa shape index (κ1) is 13.0. The molecule has 0 saturated carbocycles. The van der Waals surface area contributed by atoms with Crippen LogP contribution in [0.3, 0.4) is 0 Å². The number of ether oxygens (including phenoxy) is 1. The number of nitrogen functional groups attached to an aromatic ring is 1. The lowest BCUT2D eigenvalue weighted by Crippen LogP contribution is -2.30. The highest BCUT2D eigenvalue weighted by Gasteiger charge is 2.32. The second-order valence-corrected chi connectivity index (χ2v) is 4.77. The van der Waals surface area contributed by atoms with E-state index in [1.165, 1.54) is 0 Å². The first-order valence-electron chi connectivity index (χ1n) is 5.85. The van der Waals surface area contributed by atoms with E-state index >= 15 is 0 Å². The van der Waals surface area contributed by atoms with E-state index in [4.69, 9.17) is 10.6 Å². The number of nitrogens with zero attached hydrogens (tertiary/aromatic N) is 3. The van der Waals surface area contributed by atoms with E-state index in [2.05, 4.69) is 15.4 Å². The number of hydrogen-bond donors (Lipinski definition) is 3. The third-order valence-electron chi connectivity index (χ3n) is 2.96. The van der Waals surface area contributed by atoms with Crippen molar-refractivity contribution in [2.45, 2.75) is 25.6 Å². The molecule has 1 aromatic heterocycles. The molecule has 1 aliphatic heterocycles. The maximum Gasteiger partial charge on any atom is 0.158 e. The number of methoxy groups -OCH3 is 1. The van der Waals surface area contributed by atoms with Crippen LogP contribution in [-0.2, 0) is 11.3 Å². The molecule has 1 atom stereocenters. The van der Waals surface area contributed by atoms with Gasteiger partial charge in [-0.15, -0.1) is 0 Å². The van der Waals surface area contributed by atoms with Crippen LogP contribution in [0.5, 0.6) is 0 Å². The molecule has 1 aromatic rings. The first-order chi connectivity index (χ1) is 8.54. The SMILES string of the molecule is COCc1nc(NN)cc(N2CCC(C)(O)C2)n1. The van der Waals surface area contributed by atoms with Gasteiger partial charge in [0.2, 0.25) is 0 Å². The van der Waals surface area contributed by atoms with Gasteiger partial charge in [0.25, 0.3) is 0 Å². The molecule has 1 saturated heterocycles. The van der Waals surface area contributed by atoms with Gasteiger partial charge in [-0.3, -0.25) is 0 Å². The molecule has 0 aliphatic carbocycles. The van der Waals surface area contributed by atoms with Gasteiger partial charge in [0.15, 0.2) is 5.82 Å². The van der Waals surface area contributed by atoms with E-state index in [9.17, 15) is 5.11 Å². The molecule has 0 amide bonds. The Labute approximate surface area is 106 Å². The molecule has 2 rings (SSSR count). The molecule has 18 heavy (non-hydrogen) atoms. The molecule has 0 aromatic carbocycles. The predicted octanol–water partition coefficient (Wildman–Crippen LogP) is -0.130. The van der Waals surface area contributed by atoms with Crippen LogP contribution in [0.15, 0.2) is 6.07 Å². The molecule has 7 nitrogen and oxygen atoms in total. The average molecular weight is 253 g/mol. The minimum absolute atomic E-state index is 0.326. The molecule has 0 radical (unpaired) electrons. The number of β-amino-alcohol motifs (C(OH)–C–C–N with tert-alkyl or cyclic N) is 1. The van der Waals surface area contributed by atoms with E-state index in [1.807, 2.05) is 11.8 Å². The van der Waals surface area contributed by atoms with Crippen molar-refractivity contribution in [3.63, 3.8) is 0 Å². The van der Waals surface area contributed by atoms with Gasteiger partial charge in [-0.1, -0.05) is 0 Å². The van der Waals surface area contributed by atoms with Crippen molar-refractivity contribution in [1.82, 2.24) is 9.97 Å². The summed E-state index contributed by atoms with van der Waals surface area (Å²) >= 11 is 0. The molecule has 4 N–H and O–H groups in total. The van der Waals surface area contributed by atoms with Gasteiger partial charge < -0.3 is 20.2 Å². The van der Waals surface area contributed by atoms with Gasteiger partial charge in [-0.2, -0.15) is 0 Å². The second kappa shape index (κ2) is 5.05. The molecular formula is C11H19N5O2. The molecular weight excluding hydrogens is 234 g/mol. The molecule has 0 spiro atoms. The molecule has 0 bridgehead atoms. The molecule has 100 valence electrons. The number of rotatable bonds is 4.